The van der Waals surface area contributed by atoms with Crippen LogP contribution >= 0.6 is 0 Å². The zero-order chi connectivity index (χ0) is 8.27. The second-order valence-corrected chi connectivity index (χ2v) is 2.04. The molecule has 11 heavy (non-hydrogen) atoms. The number of carbonyl (C=O) groups is 1. The van der Waals surface area contributed by atoms with Gasteiger partial charge in [-0.25, -0.2) is 0 Å². The van der Waals surface area contributed by atoms with E-state index in [0.717, 1.165) is 0 Å². The lowest BCUT2D eigenvalue weighted by molar-refractivity contribution is -0.112. The van der Waals surface area contributed by atoms with Gasteiger partial charge < -0.3 is 10.4 Å². The lowest BCUT2D eigenvalue weighted by atomic mass is 10.3. The lowest BCUT2D eigenvalue weighted by Gasteiger charge is -2.00. The summed E-state index contributed by atoms with van der Waals surface area (Å²) < 4.78 is 0. The molecule has 1 aromatic carbocycles. The van der Waals surface area contributed by atoms with Crippen LogP contribution in [0.25, 0.3) is 0 Å². The Morgan fingerprint density at radius 2 is 2.27 bits per heavy atom. The van der Waals surface area contributed by atoms with E-state index in [0.29, 0.717) is 5.69 Å². The fraction of sp³-hybridized carbons (Fsp3) is 0. The second kappa shape index (κ2) is 3.05. The molecule has 3 nitrogen and oxygen atoms in total. The van der Waals surface area contributed by atoms with Crippen molar-refractivity contribution in [2.75, 3.05) is 5.32 Å². The quantitative estimate of drug-likeness (QED) is 0.626. The molecule has 0 bridgehead atoms. The number of hydrogen-bond donors (Lipinski definition) is 2. The number of anilines is 1. The van der Waals surface area contributed by atoms with E-state index in [1.807, 2.05) is 0 Å². The van der Waals surface area contributed by atoms with E-state index >= 15 is 0 Å². The highest BCUT2D eigenvalue weighted by molar-refractivity contribution is 5.93. The van der Waals surface area contributed by atoms with Crippen molar-refractivity contribution in [3.63, 3.8) is 0 Å². The van der Waals surface area contributed by atoms with Crippen LogP contribution < -0.4 is 5.32 Å². The third kappa shape index (κ3) is 2.29. The van der Waals surface area contributed by atoms with Crippen LogP contribution in [0.5, 0.6) is 5.75 Å². The van der Waals surface area contributed by atoms with Crippen molar-refractivity contribution in [3.8, 4) is 5.75 Å². The van der Waals surface area contributed by atoms with E-state index in [9.17, 15) is 4.79 Å². The van der Waals surface area contributed by atoms with Gasteiger partial charge in [-0.1, -0.05) is 6.07 Å². The first-order valence-corrected chi connectivity index (χ1v) is 3.04. The maximum Gasteiger partial charge on any atom is 0.229 e. The molecular weight excluding hydrogens is 142 g/mol. The number of rotatable bonds is 1. The van der Waals surface area contributed by atoms with E-state index in [2.05, 4.69) is 5.32 Å². The molecule has 3 heteroatoms. The van der Waals surface area contributed by atoms with Crippen molar-refractivity contribution in [2.45, 2.75) is 0 Å². The van der Waals surface area contributed by atoms with Gasteiger partial charge in [0, 0.05) is 11.8 Å². The van der Waals surface area contributed by atoms with Crippen LogP contribution in [0.2, 0.25) is 0 Å². The zero-order valence-electron chi connectivity index (χ0n) is 5.74. The Bertz CT molecular complexity index is 271. The van der Waals surface area contributed by atoms with Gasteiger partial charge in [-0.3, -0.25) is 4.79 Å². The number of carbonyl (C=O) groups excluding carboxylic acids is 1. The Morgan fingerprint density at radius 1 is 1.55 bits per heavy atom. The van der Waals surface area contributed by atoms with Crippen LogP contribution in [0.3, 0.4) is 0 Å². The predicted molar refractivity (Wildman–Crippen MR) is 41.0 cm³/mol. The Labute approximate surface area is 64.7 Å². The second-order valence-electron chi connectivity index (χ2n) is 2.04. The van der Waals surface area contributed by atoms with Crippen molar-refractivity contribution in [1.82, 2.24) is 0 Å². The first-order valence-electron chi connectivity index (χ1n) is 3.04. The fourth-order valence-electron chi connectivity index (χ4n) is 0.726. The van der Waals surface area contributed by atoms with E-state index < -0.39 is 5.91 Å². The van der Waals surface area contributed by atoms with E-state index in [1.54, 1.807) is 12.1 Å². The Kier molecular flexibility index (Phi) is 2.11. The SMILES string of the molecule is [CH]C(=O)Nc1cccc(O)c1. The normalized spacial score (nSPS) is 9.18. The van der Waals surface area contributed by atoms with Crippen LogP contribution in [0.1, 0.15) is 0 Å². The highest BCUT2D eigenvalue weighted by Gasteiger charge is 1.94. The molecule has 0 saturated heterocycles. The number of aromatic hydroxyl groups is 1. The molecule has 1 amide bonds. The minimum absolute atomic E-state index is 0.0938. The van der Waals surface area contributed by atoms with Gasteiger partial charge in [-0.05, 0) is 12.1 Å². The monoisotopic (exact) mass is 149 g/mol. The number of phenolic OH excluding ortho intramolecular Hbond substituents is 1. The van der Waals surface area contributed by atoms with Gasteiger partial charge in [-0.2, -0.15) is 0 Å². The number of hydrogen-bond acceptors (Lipinski definition) is 2. The summed E-state index contributed by atoms with van der Waals surface area (Å²) in [7, 11) is 0. The van der Waals surface area contributed by atoms with Crippen molar-refractivity contribution in [3.05, 3.63) is 31.2 Å². The van der Waals surface area contributed by atoms with Crippen LogP contribution in [0, 0.1) is 6.92 Å². The summed E-state index contributed by atoms with van der Waals surface area (Å²) in [6, 6.07) is 6.15. The summed E-state index contributed by atoms with van der Waals surface area (Å²) in [5.74, 6) is -0.549. The minimum Gasteiger partial charge on any atom is -0.508 e. The van der Waals surface area contributed by atoms with E-state index in [4.69, 9.17) is 12.0 Å². The topological polar surface area (TPSA) is 49.3 Å². The Morgan fingerprint density at radius 3 is 2.82 bits per heavy atom. The van der Waals surface area contributed by atoms with Gasteiger partial charge in [0.05, 0.1) is 6.92 Å². The molecule has 0 heterocycles. The highest BCUT2D eigenvalue weighted by Crippen LogP contribution is 2.14. The van der Waals surface area contributed by atoms with Crippen molar-refractivity contribution >= 4 is 11.6 Å². The Hall–Kier alpha value is -1.51. The van der Waals surface area contributed by atoms with Crippen LogP contribution in [-0.4, -0.2) is 11.0 Å². The minimum atomic E-state index is -0.643. The summed E-state index contributed by atoms with van der Waals surface area (Å²) in [6.45, 7) is 4.84. The highest BCUT2D eigenvalue weighted by atomic mass is 16.3. The summed E-state index contributed by atoms with van der Waals surface area (Å²) >= 11 is 0. The summed E-state index contributed by atoms with van der Waals surface area (Å²) in [5, 5.41) is 11.3. The summed E-state index contributed by atoms with van der Waals surface area (Å²) in [5.41, 5.74) is 0.484. The molecular formula is C8H7NO2. The molecule has 0 aromatic heterocycles. The number of phenols is 1. The molecule has 56 valence electrons. The molecule has 2 radical (unpaired) electrons. The third-order valence-electron chi connectivity index (χ3n) is 1.11. The van der Waals surface area contributed by atoms with Crippen LogP contribution in [-0.2, 0) is 4.79 Å². The largest absolute Gasteiger partial charge is 0.508 e. The number of benzene rings is 1. The van der Waals surface area contributed by atoms with Crippen molar-refractivity contribution < 1.29 is 9.90 Å². The average molecular weight is 149 g/mol. The van der Waals surface area contributed by atoms with Crippen LogP contribution in [0.15, 0.2) is 24.3 Å². The first kappa shape index (κ1) is 7.60. The summed E-state index contributed by atoms with van der Waals surface area (Å²) in [4.78, 5) is 10.3. The molecule has 0 aliphatic heterocycles. The third-order valence-corrected chi connectivity index (χ3v) is 1.11. The Balaban J connectivity index is 2.79. The number of amides is 1. The molecule has 2 N–H and O–H groups in total. The fourth-order valence-corrected chi connectivity index (χ4v) is 0.726. The molecule has 0 aliphatic rings. The number of nitrogens with one attached hydrogen (secondary N) is 1. The molecule has 0 aliphatic carbocycles. The lowest BCUT2D eigenvalue weighted by Crippen LogP contribution is -2.05. The van der Waals surface area contributed by atoms with Crippen molar-refractivity contribution in [2.24, 2.45) is 0 Å². The smallest absolute Gasteiger partial charge is 0.229 e. The van der Waals surface area contributed by atoms with Crippen LogP contribution in [0.4, 0.5) is 5.69 Å². The molecule has 1 rings (SSSR count). The van der Waals surface area contributed by atoms with E-state index in [-0.39, 0.29) is 5.75 Å². The van der Waals surface area contributed by atoms with E-state index in [1.165, 1.54) is 12.1 Å². The van der Waals surface area contributed by atoms with Gasteiger partial charge in [0.1, 0.15) is 5.75 Å². The molecule has 0 saturated carbocycles. The van der Waals surface area contributed by atoms with Gasteiger partial charge in [0.15, 0.2) is 0 Å². The van der Waals surface area contributed by atoms with Gasteiger partial charge >= 0.3 is 0 Å². The standard InChI is InChI=1S/C8H7NO2/c1-6(10)9-7-3-2-4-8(11)5-7/h1-5,11H,(H,9,10). The summed E-state index contributed by atoms with van der Waals surface area (Å²) in [6.07, 6.45) is 0. The molecule has 1 aromatic rings. The van der Waals surface area contributed by atoms with Gasteiger partial charge in [0.2, 0.25) is 5.91 Å². The average Bonchev–Trinajstić information content (AvgIpc) is 1.85. The zero-order valence-corrected chi connectivity index (χ0v) is 5.74. The van der Waals surface area contributed by atoms with Gasteiger partial charge in [-0.15, -0.1) is 0 Å². The predicted octanol–water partition coefficient (Wildman–Crippen LogP) is 1.04. The first-order chi connectivity index (χ1) is 5.18. The molecule has 0 atom stereocenters. The van der Waals surface area contributed by atoms with Gasteiger partial charge in [0.25, 0.3) is 0 Å². The molecule has 0 fully saturated rings. The maximum atomic E-state index is 10.3. The molecule has 0 unspecified atom stereocenters. The van der Waals surface area contributed by atoms with Crippen molar-refractivity contribution in [1.29, 1.82) is 0 Å². The maximum absolute atomic E-state index is 10.3. The molecule has 0 spiro atoms.